The highest BCUT2D eigenvalue weighted by atomic mass is 16.8. The summed E-state index contributed by atoms with van der Waals surface area (Å²) in [5.74, 6) is 0. The van der Waals surface area contributed by atoms with Crippen LogP contribution in [0, 0.1) is 5.21 Å². The number of hydrogen-bond acceptors (Lipinski definition) is 2. The third-order valence-corrected chi connectivity index (χ3v) is 0.204. The quantitative estimate of drug-likeness (QED) is 0.245. The summed E-state index contributed by atoms with van der Waals surface area (Å²) in [6, 6.07) is 0. The van der Waals surface area contributed by atoms with Crippen molar-refractivity contribution in [1.29, 1.82) is 0 Å². The fourth-order valence-corrected chi connectivity index (χ4v) is 0. The van der Waals surface area contributed by atoms with E-state index < -0.39 is 0 Å². The van der Waals surface area contributed by atoms with Gasteiger partial charge in [0.25, 0.3) is 0 Å². The highest BCUT2D eigenvalue weighted by Crippen LogP contribution is 1.55. The van der Waals surface area contributed by atoms with Crippen molar-refractivity contribution >= 4 is 6.72 Å². The van der Waals surface area contributed by atoms with E-state index >= 15 is 0 Å². The Balaban J connectivity index is 2.85. The molecule has 0 aromatic rings. The monoisotopic (exact) mass is 75.0 g/mol. The molecule has 0 saturated carbocycles. The normalized spacial score (nSPS) is 6.60. The van der Waals surface area contributed by atoms with Crippen molar-refractivity contribution in [3.05, 3.63) is 5.21 Å². The lowest BCUT2D eigenvalue weighted by molar-refractivity contribution is -0.726. The van der Waals surface area contributed by atoms with Crippen LogP contribution in [0.1, 0.15) is 0 Å². The topological polar surface area (TPSA) is 35.3 Å². The lowest BCUT2D eigenvalue weighted by Gasteiger charge is -1.88. The molecule has 5 heavy (non-hydrogen) atoms. The van der Waals surface area contributed by atoms with E-state index in [0.717, 1.165) is 0 Å². The van der Waals surface area contributed by atoms with Crippen molar-refractivity contribution in [3.8, 4) is 0 Å². The Morgan fingerprint density at radius 2 is 2.20 bits per heavy atom. The predicted octanol–water partition coefficient (Wildman–Crippen LogP) is -0.241. The third-order valence-electron chi connectivity index (χ3n) is 0.204. The first-order chi connectivity index (χ1) is 2.27. The van der Waals surface area contributed by atoms with E-state index in [2.05, 4.69) is 11.6 Å². The van der Waals surface area contributed by atoms with Crippen molar-refractivity contribution in [3.63, 3.8) is 0 Å². The summed E-state index contributed by atoms with van der Waals surface area (Å²) >= 11 is 0. The van der Waals surface area contributed by atoms with E-state index in [1.807, 2.05) is 0 Å². The minimum atomic E-state index is 0.125. The molecule has 0 fully saturated rings. The summed E-state index contributed by atoms with van der Waals surface area (Å²) in [6.07, 6.45) is 0. The summed E-state index contributed by atoms with van der Waals surface area (Å²) in [5, 5.41) is 9.40. The molecule has 3 nitrogen and oxygen atoms in total. The van der Waals surface area contributed by atoms with Crippen LogP contribution >= 0.6 is 0 Å². The van der Waals surface area contributed by atoms with Gasteiger partial charge in [0.1, 0.15) is 0 Å². The Morgan fingerprint density at radius 3 is 2.20 bits per heavy atom. The predicted molar refractivity (Wildman–Crippen MR) is 17.8 cm³/mol. The minimum absolute atomic E-state index is 0.125. The van der Waals surface area contributed by atoms with Crippen molar-refractivity contribution < 1.29 is 9.74 Å². The average molecular weight is 75.1 g/mol. The Hall–Kier alpha value is -0.730. The average Bonchev–Trinajstić information content (AvgIpc) is 1.38. The zero-order valence-corrected chi connectivity index (χ0v) is 2.97. The second-order valence-corrected chi connectivity index (χ2v) is 0.515. The molecule has 0 saturated heterocycles. The summed E-state index contributed by atoms with van der Waals surface area (Å²) in [7, 11) is 1.25. The van der Waals surface area contributed by atoms with Gasteiger partial charge < -0.3 is 4.84 Å². The standard InChI is InChI=1S/C2H5NO2/c1-3(4)5-2/h1H2,2H3. The Kier molecular flexibility index (Phi) is 1.35. The van der Waals surface area contributed by atoms with Crippen LogP contribution in [0.25, 0.3) is 0 Å². The largest absolute Gasteiger partial charge is 0.407 e. The molecule has 0 aliphatic heterocycles. The van der Waals surface area contributed by atoms with Gasteiger partial charge in [0.15, 0.2) is 6.72 Å². The van der Waals surface area contributed by atoms with Gasteiger partial charge in [-0.25, -0.2) is 0 Å². The zero-order chi connectivity index (χ0) is 4.28. The molecular weight excluding hydrogens is 70.0 g/mol. The summed E-state index contributed by atoms with van der Waals surface area (Å²) in [4.78, 5) is 4.04. The maximum Gasteiger partial charge on any atom is 0.198 e. The second kappa shape index (κ2) is 1.58. The highest BCUT2D eigenvalue weighted by molar-refractivity contribution is 5.13. The lowest BCUT2D eigenvalue weighted by atomic mass is 11.7. The molecule has 0 amide bonds. The highest BCUT2D eigenvalue weighted by Gasteiger charge is 1.63. The van der Waals surface area contributed by atoms with Crippen LogP contribution in [0.3, 0.4) is 0 Å². The molecule has 3 heteroatoms. The number of rotatable bonds is 1. The fraction of sp³-hybridized carbons (Fsp3) is 0.500. The van der Waals surface area contributed by atoms with Crippen LogP contribution in [-0.2, 0) is 4.84 Å². The summed E-state index contributed by atoms with van der Waals surface area (Å²) in [6.45, 7) is 2.81. The van der Waals surface area contributed by atoms with Gasteiger partial charge in [-0.15, -0.1) is 0 Å². The van der Waals surface area contributed by atoms with Crippen LogP contribution in [0.5, 0.6) is 0 Å². The van der Waals surface area contributed by atoms with Crippen molar-refractivity contribution in [2.75, 3.05) is 7.11 Å². The molecule has 0 radical (unpaired) electrons. The van der Waals surface area contributed by atoms with Gasteiger partial charge in [0, 0.05) is 12.0 Å². The second-order valence-electron chi connectivity index (χ2n) is 0.515. The van der Waals surface area contributed by atoms with E-state index in [0.29, 0.717) is 0 Å². The molecular formula is C2H5NO2. The Morgan fingerprint density at radius 1 is 2.00 bits per heavy atom. The van der Waals surface area contributed by atoms with E-state index in [1.165, 1.54) is 7.11 Å². The van der Waals surface area contributed by atoms with Gasteiger partial charge >= 0.3 is 0 Å². The molecule has 0 atom stereocenters. The molecule has 0 bridgehead atoms. The first-order valence-corrected chi connectivity index (χ1v) is 1.09. The molecule has 0 N–H and O–H groups in total. The first-order valence-electron chi connectivity index (χ1n) is 1.09. The van der Waals surface area contributed by atoms with Crippen molar-refractivity contribution in [2.24, 2.45) is 0 Å². The molecule has 0 aliphatic carbocycles. The smallest absolute Gasteiger partial charge is 0.198 e. The van der Waals surface area contributed by atoms with E-state index in [1.54, 1.807) is 0 Å². The van der Waals surface area contributed by atoms with Crippen LogP contribution in [0.2, 0.25) is 0 Å². The van der Waals surface area contributed by atoms with Gasteiger partial charge in [-0.05, 0) is 0 Å². The van der Waals surface area contributed by atoms with Crippen LogP contribution < -0.4 is 0 Å². The molecule has 0 aromatic carbocycles. The van der Waals surface area contributed by atoms with E-state index in [-0.39, 0.29) is 4.90 Å². The third kappa shape index (κ3) is 3.27. The minimum Gasteiger partial charge on any atom is -0.407 e. The summed E-state index contributed by atoms with van der Waals surface area (Å²) < 4.78 is 0. The molecule has 0 heterocycles. The van der Waals surface area contributed by atoms with Crippen LogP contribution in [-0.4, -0.2) is 18.7 Å². The summed E-state index contributed by atoms with van der Waals surface area (Å²) in [5.41, 5.74) is 0. The molecule has 0 rings (SSSR count). The molecule has 30 valence electrons. The SMILES string of the molecule is C=[N+]([O-])OC. The molecule has 0 aliphatic rings. The fourth-order valence-electron chi connectivity index (χ4n) is 0. The first kappa shape index (κ1) is 4.27. The van der Waals surface area contributed by atoms with Crippen molar-refractivity contribution in [2.45, 2.75) is 0 Å². The van der Waals surface area contributed by atoms with E-state index in [9.17, 15) is 5.21 Å². The van der Waals surface area contributed by atoms with Gasteiger partial charge in [-0.3, -0.25) is 5.21 Å². The van der Waals surface area contributed by atoms with Gasteiger partial charge in [-0.2, -0.15) is 0 Å². The maximum absolute atomic E-state index is 9.40. The van der Waals surface area contributed by atoms with Gasteiger partial charge in [0.05, 0.1) is 0 Å². The maximum atomic E-state index is 9.40. The van der Waals surface area contributed by atoms with Crippen molar-refractivity contribution in [1.82, 2.24) is 0 Å². The number of nitrogens with zero attached hydrogens (tertiary/aromatic N) is 1. The lowest BCUT2D eigenvalue weighted by Crippen LogP contribution is -1.93. The Labute approximate surface area is 30.0 Å². The van der Waals surface area contributed by atoms with E-state index in [4.69, 9.17) is 0 Å². The number of hydrogen-bond donors (Lipinski definition) is 0. The molecule has 0 spiro atoms. The van der Waals surface area contributed by atoms with Gasteiger partial charge in [-0.1, -0.05) is 0 Å². The van der Waals surface area contributed by atoms with Crippen LogP contribution in [0.4, 0.5) is 0 Å². The van der Waals surface area contributed by atoms with Gasteiger partial charge in [0.2, 0.25) is 0 Å². The molecule has 0 aromatic heterocycles. The Bertz CT molecular complexity index is 42.9. The van der Waals surface area contributed by atoms with Crippen LogP contribution in [0.15, 0.2) is 0 Å². The molecule has 0 unspecified atom stereocenters. The zero-order valence-electron chi connectivity index (χ0n) is 2.97.